The van der Waals surface area contributed by atoms with E-state index in [0.29, 0.717) is 5.92 Å². The van der Waals surface area contributed by atoms with Crippen molar-refractivity contribution >= 4 is 17.7 Å². The van der Waals surface area contributed by atoms with Gasteiger partial charge in [-0.05, 0) is 43.2 Å². The number of rotatable bonds is 6. The summed E-state index contributed by atoms with van der Waals surface area (Å²) in [4.78, 5) is 23.0. The summed E-state index contributed by atoms with van der Waals surface area (Å²) < 4.78 is 0. The molecule has 0 radical (unpaired) electrons. The number of amides is 2. The average Bonchev–Trinajstić information content (AvgIpc) is 3.24. The Balaban J connectivity index is 2.02. The summed E-state index contributed by atoms with van der Waals surface area (Å²) in [5.74, 6) is -0.577. The van der Waals surface area contributed by atoms with Crippen LogP contribution >= 0.6 is 0 Å². The highest BCUT2D eigenvalue weighted by Gasteiger charge is 2.33. The lowest BCUT2D eigenvalue weighted by Crippen LogP contribution is -2.40. The van der Waals surface area contributed by atoms with Gasteiger partial charge in [-0.25, -0.2) is 4.79 Å². The molecule has 1 fully saturated rings. The largest absolute Gasteiger partial charge is 0.481 e. The summed E-state index contributed by atoms with van der Waals surface area (Å²) in [6.07, 6.45) is 2.79. The molecule has 1 saturated carbocycles. The van der Waals surface area contributed by atoms with Crippen LogP contribution in [0.1, 0.15) is 37.3 Å². The first kappa shape index (κ1) is 15.4. The minimum absolute atomic E-state index is 0.0213. The van der Waals surface area contributed by atoms with E-state index in [1.54, 1.807) is 0 Å². The van der Waals surface area contributed by atoms with Gasteiger partial charge in [0.15, 0.2) is 0 Å². The number of nitrogens with one attached hydrogen (secondary N) is 2. The Morgan fingerprint density at radius 1 is 1.38 bits per heavy atom. The third-order valence-electron chi connectivity index (χ3n) is 3.88. The number of para-hydroxylation sites is 1. The Morgan fingerprint density at radius 3 is 2.67 bits per heavy atom. The van der Waals surface area contributed by atoms with Gasteiger partial charge < -0.3 is 15.7 Å². The predicted octanol–water partition coefficient (Wildman–Crippen LogP) is 2.93. The summed E-state index contributed by atoms with van der Waals surface area (Å²) in [7, 11) is 0. The molecule has 1 unspecified atom stereocenters. The second-order valence-electron chi connectivity index (χ2n) is 5.60. The summed E-state index contributed by atoms with van der Waals surface area (Å²) in [6, 6.07) is 5.30. The van der Waals surface area contributed by atoms with Gasteiger partial charge in [0.05, 0.1) is 6.42 Å². The first-order valence-corrected chi connectivity index (χ1v) is 7.39. The number of carboxylic acids is 1. The highest BCUT2D eigenvalue weighted by atomic mass is 16.4. The number of hydrogen-bond acceptors (Lipinski definition) is 2. The molecule has 1 aliphatic carbocycles. The molecule has 3 N–H and O–H groups in total. The standard InChI is InChI=1S/C16H22N2O3/c1-3-11-6-4-5-10(2)15(11)18-16(21)17-13(9-14(19)20)12-7-8-12/h4-6,12-13H,3,7-9H2,1-2H3,(H,19,20)(H2,17,18,21). The second kappa shape index (κ2) is 6.61. The molecule has 0 heterocycles. The molecule has 2 amide bonds. The maximum atomic E-state index is 12.1. The number of carboxylic acid groups (broad SMARTS) is 1. The Morgan fingerprint density at radius 2 is 2.10 bits per heavy atom. The normalized spacial score (nSPS) is 15.3. The van der Waals surface area contributed by atoms with Crippen molar-refractivity contribution in [2.45, 2.75) is 45.6 Å². The lowest BCUT2D eigenvalue weighted by atomic mass is 10.1. The van der Waals surface area contributed by atoms with Crippen LogP contribution < -0.4 is 10.6 Å². The molecule has 1 aliphatic rings. The average molecular weight is 290 g/mol. The van der Waals surface area contributed by atoms with Gasteiger partial charge in [-0.3, -0.25) is 4.79 Å². The first-order chi connectivity index (χ1) is 10.0. The zero-order valence-electron chi connectivity index (χ0n) is 12.5. The number of urea groups is 1. The van der Waals surface area contributed by atoms with Crippen LogP contribution in [0.15, 0.2) is 18.2 Å². The van der Waals surface area contributed by atoms with E-state index in [9.17, 15) is 9.59 Å². The van der Waals surface area contributed by atoms with Gasteiger partial charge in [-0.2, -0.15) is 0 Å². The number of carbonyl (C=O) groups is 2. The van der Waals surface area contributed by atoms with Crippen LogP contribution in [-0.4, -0.2) is 23.1 Å². The highest BCUT2D eigenvalue weighted by Crippen LogP contribution is 2.34. The lowest BCUT2D eigenvalue weighted by Gasteiger charge is -2.18. The SMILES string of the molecule is CCc1cccc(C)c1NC(=O)NC(CC(=O)O)C1CC1. The van der Waals surface area contributed by atoms with Crippen molar-refractivity contribution < 1.29 is 14.7 Å². The molecular formula is C16H22N2O3. The van der Waals surface area contributed by atoms with Crippen molar-refractivity contribution in [3.63, 3.8) is 0 Å². The smallest absolute Gasteiger partial charge is 0.319 e. The molecule has 0 bridgehead atoms. The number of carbonyl (C=O) groups excluding carboxylic acids is 1. The monoisotopic (exact) mass is 290 g/mol. The topological polar surface area (TPSA) is 78.4 Å². The van der Waals surface area contributed by atoms with E-state index in [1.807, 2.05) is 32.0 Å². The molecule has 0 aliphatic heterocycles. The van der Waals surface area contributed by atoms with Crippen LogP contribution in [0.5, 0.6) is 0 Å². The van der Waals surface area contributed by atoms with Crippen LogP contribution in [0.3, 0.4) is 0 Å². The molecule has 0 spiro atoms. The molecular weight excluding hydrogens is 268 g/mol. The van der Waals surface area contributed by atoms with Crippen molar-refractivity contribution in [2.75, 3.05) is 5.32 Å². The fourth-order valence-corrected chi connectivity index (χ4v) is 2.54. The quantitative estimate of drug-likeness (QED) is 0.753. The summed E-state index contributed by atoms with van der Waals surface area (Å²) in [5.41, 5.74) is 2.90. The third-order valence-corrected chi connectivity index (χ3v) is 3.88. The summed E-state index contributed by atoms with van der Waals surface area (Å²) >= 11 is 0. The molecule has 114 valence electrons. The molecule has 5 heteroatoms. The van der Waals surface area contributed by atoms with E-state index < -0.39 is 5.97 Å². The maximum Gasteiger partial charge on any atom is 0.319 e. The van der Waals surface area contributed by atoms with E-state index in [-0.39, 0.29) is 18.5 Å². The Kier molecular flexibility index (Phi) is 4.83. The second-order valence-corrected chi connectivity index (χ2v) is 5.60. The maximum absolute atomic E-state index is 12.1. The van der Waals surface area contributed by atoms with E-state index in [0.717, 1.165) is 36.1 Å². The van der Waals surface area contributed by atoms with Gasteiger partial charge in [-0.15, -0.1) is 0 Å². The lowest BCUT2D eigenvalue weighted by molar-refractivity contribution is -0.137. The number of aryl methyl sites for hydroxylation is 2. The molecule has 2 rings (SSSR count). The molecule has 21 heavy (non-hydrogen) atoms. The fraction of sp³-hybridized carbons (Fsp3) is 0.500. The van der Waals surface area contributed by atoms with Gasteiger partial charge in [0.25, 0.3) is 0 Å². The number of hydrogen-bond donors (Lipinski definition) is 3. The van der Waals surface area contributed by atoms with Crippen molar-refractivity contribution in [2.24, 2.45) is 5.92 Å². The number of anilines is 1. The van der Waals surface area contributed by atoms with E-state index in [4.69, 9.17) is 5.11 Å². The van der Waals surface area contributed by atoms with Crippen molar-refractivity contribution in [3.05, 3.63) is 29.3 Å². The van der Waals surface area contributed by atoms with Crippen LogP contribution in [0.2, 0.25) is 0 Å². The van der Waals surface area contributed by atoms with Crippen molar-refractivity contribution in [1.82, 2.24) is 5.32 Å². The van der Waals surface area contributed by atoms with Gasteiger partial charge in [-0.1, -0.05) is 25.1 Å². The van der Waals surface area contributed by atoms with Gasteiger partial charge in [0.1, 0.15) is 0 Å². The van der Waals surface area contributed by atoms with E-state index in [1.165, 1.54) is 0 Å². The van der Waals surface area contributed by atoms with Crippen LogP contribution in [-0.2, 0) is 11.2 Å². The molecule has 0 saturated heterocycles. The van der Waals surface area contributed by atoms with Crippen LogP contribution in [0.4, 0.5) is 10.5 Å². The molecule has 1 atom stereocenters. The summed E-state index contributed by atoms with van der Waals surface area (Å²) in [5, 5.41) is 14.6. The predicted molar refractivity (Wildman–Crippen MR) is 81.5 cm³/mol. The Bertz CT molecular complexity index is 538. The minimum atomic E-state index is -0.877. The zero-order valence-corrected chi connectivity index (χ0v) is 12.5. The first-order valence-electron chi connectivity index (χ1n) is 7.39. The van der Waals surface area contributed by atoms with E-state index in [2.05, 4.69) is 10.6 Å². The summed E-state index contributed by atoms with van der Waals surface area (Å²) in [6.45, 7) is 3.99. The number of aliphatic carboxylic acids is 1. The van der Waals surface area contributed by atoms with Gasteiger partial charge >= 0.3 is 12.0 Å². The molecule has 5 nitrogen and oxygen atoms in total. The molecule has 1 aromatic rings. The minimum Gasteiger partial charge on any atom is -0.481 e. The van der Waals surface area contributed by atoms with Crippen molar-refractivity contribution in [3.8, 4) is 0 Å². The van der Waals surface area contributed by atoms with E-state index >= 15 is 0 Å². The van der Waals surface area contributed by atoms with Crippen LogP contribution in [0, 0.1) is 12.8 Å². The van der Waals surface area contributed by atoms with Gasteiger partial charge in [0.2, 0.25) is 0 Å². The fourth-order valence-electron chi connectivity index (χ4n) is 2.54. The Hall–Kier alpha value is -2.04. The highest BCUT2D eigenvalue weighted by molar-refractivity contribution is 5.91. The number of benzene rings is 1. The zero-order chi connectivity index (χ0) is 15.4. The van der Waals surface area contributed by atoms with Gasteiger partial charge in [0, 0.05) is 11.7 Å². The molecule has 1 aromatic carbocycles. The van der Waals surface area contributed by atoms with Crippen LogP contribution in [0.25, 0.3) is 0 Å². The third kappa shape index (κ3) is 4.21. The van der Waals surface area contributed by atoms with Crippen molar-refractivity contribution in [1.29, 1.82) is 0 Å². The Labute approximate surface area is 124 Å². The molecule has 0 aromatic heterocycles.